The van der Waals surface area contributed by atoms with Crippen LogP contribution in [0.25, 0.3) is 69.6 Å². The molecule has 6 heterocycles. The molecular weight excluding hydrogens is 877 g/mol. The Labute approximate surface area is 385 Å². The second kappa shape index (κ2) is 18.5. The van der Waals surface area contributed by atoms with E-state index >= 15 is 0 Å². The maximum absolute atomic E-state index is 10.2. The number of nitrogens with zero attached hydrogens (tertiary/aromatic N) is 10. The Morgan fingerprint density at radius 3 is 1.77 bits per heavy atom. The third-order valence-electron chi connectivity index (χ3n) is 9.44. The van der Waals surface area contributed by atoms with E-state index in [0.29, 0.717) is 62.9 Å². The van der Waals surface area contributed by atoms with Gasteiger partial charge >= 0.3 is 5.70 Å². The van der Waals surface area contributed by atoms with Crippen LogP contribution < -0.4 is 0 Å². The molecule has 0 aromatic carbocycles. The van der Waals surface area contributed by atoms with Gasteiger partial charge in [-0.1, -0.05) is 18.2 Å². The average Bonchev–Trinajstić information content (AvgIpc) is 4.15. The zero-order chi connectivity index (χ0) is 46.3. The van der Waals surface area contributed by atoms with E-state index in [0.717, 1.165) is 9.75 Å². The van der Waals surface area contributed by atoms with Gasteiger partial charge in [0.15, 0.2) is 5.76 Å². The van der Waals surface area contributed by atoms with Crippen LogP contribution in [-0.2, 0) is 9.47 Å². The Kier molecular flexibility index (Phi) is 12.9. The maximum Gasteiger partial charge on any atom is 0.304 e. The predicted octanol–water partition coefficient (Wildman–Crippen LogP) is 13.5. The fourth-order valence-corrected chi connectivity index (χ4v) is 10.3. The van der Waals surface area contributed by atoms with Gasteiger partial charge in [-0.15, -0.1) is 45.3 Å². The summed E-state index contributed by atoms with van der Waals surface area (Å²) in [6.07, 6.45) is 10.3. The SMILES string of the molecule is [C-]#[N+]C1=C(/C=C/c2ccc(/C(=C/c3sc(-c4cc([N+]#[C-])c(/C=C(\C#N)c5ccc(/C=C/C6=C(C#N)C(=C(\C#N)[N+]#[C-])/OC6(C)C)s5)s4)cc3C#N)[N+]#[C-])s2)C(C)(C)O/C1=C(\C#N)[N+]#[C-]. The quantitative estimate of drug-likeness (QED) is 0.119. The lowest BCUT2D eigenvalue weighted by Crippen LogP contribution is -2.20. The fourth-order valence-electron chi connectivity index (χ4n) is 6.42. The van der Waals surface area contributed by atoms with Crippen LogP contribution >= 0.6 is 45.3 Å². The first-order chi connectivity index (χ1) is 30.7. The van der Waals surface area contributed by atoms with E-state index in [-0.39, 0.29) is 34.2 Å². The summed E-state index contributed by atoms with van der Waals surface area (Å²) in [6.45, 7) is 45.1. The minimum absolute atomic E-state index is 0.0442. The number of allylic oxidation sites excluding steroid dienone is 4. The molecule has 302 valence electrons. The molecule has 16 heteroatoms. The highest BCUT2D eigenvalue weighted by Crippen LogP contribution is 2.45. The van der Waals surface area contributed by atoms with Gasteiger partial charge in [0, 0.05) is 50.2 Å². The Hall–Kier alpha value is -8.78. The zero-order valence-corrected chi connectivity index (χ0v) is 37.1. The van der Waals surface area contributed by atoms with Gasteiger partial charge in [-0.25, -0.2) is 34.7 Å². The van der Waals surface area contributed by atoms with Crippen molar-refractivity contribution in [2.75, 3.05) is 0 Å². The highest BCUT2D eigenvalue weighted by atomic mass is 32.1. The molecule has 0 spiro atoms. The molecule has 0 saturated carbocycles. The van der Waals surface area contributed by atoms with Crippen molar-refractivity contribution in [3.63, 3.8) is 0 Å². The van der Waals surface area contributed by atoms with Gasteiger partial charge in [0.05, 0.1) is 61.7 Å². The number of ether oxygens (including phenoxy) is 2. The van der Waals surface area contributed by atoms with E-state index in [9.17, 15) is 26.3 Å². The van der Waals surface area contributed by atoms with Crippen molar-refractivity contribution in [3.05, 3.63) is 186 Å². The van der Waals surface area contributed by atoms with Crippen molar-refractivity contribution in [2.45, 2.75) is 38.9 Å². The molecule has 0 bridgehead atoms. The molecule has 0 amide bonds. The summed E-state index contributed by atoms with van der Waals surface area (Å²) >= 11 is 5.25. The number of rotatable bonds is 9. The lowest BCUT2D eigenvalue weighted by atomic mass is 9.95. The monoisotopic (exact) mass is 900 g/mol. The van der Waals surface area contributed by atoms with Crippen LogP contribution in [0.2, 0.25) is 0 Å². The van der Waals surface area contributed by atoms with Crippen LogP contribution in [0.15, 0.2) is 93.9 Å². The Balaban J connectivity index is 1.26. The van der Waals surface area contributed by atoms with Crippen molar-refractivity contribution in [2.24, 2.45) is 0 Å². The van der Waals surface area contributed by atoms with Crippen LogP contribution in [0.3, 0.4) is 0 Å². The first-order valence-electron chi connectivity index (χ1n) is 18.3. The van der Waals surface area contributed by atoms with Crippen LogP contribution in [-0.4, -0.2) is 11.2 Å². The molecule has 0 saturated heterocycles. The van der Waals surface area contributed by atoms with Gasteiger partial charge < -0.3 is 9.47 Å². The van der Waals surface area contributed by atoms with Crippen LogP contribution in [0, 0.1) is 89.5 Å². The molecule has 0 atom stereocenters. The number of hydrogen-bond donors (Lipinski definition) is 0. The molecule has 0 fully saturated rings. The summed E-state index contributed by atoms with van der Waals surface area (Å²) in [5.74, 6) is -0.0961. The Morgan fingerprint density at radius 1 is 0.609 bits per heavy atom. The van der Waals surface area contributed by atoms with E-state index in [2.05, 4.69) is 42.4 Å². The summed E-state index contributed by atoms with van der Waals surface area (Å²) in [6, 6.07) is 20.7. The predicted molar refractivity (Wildman–Crippen MR) is 248 cm³/mol. The van der Waals surface area contributed by atoms with E-state index in [4.69, 9.17) is 42.3 Å². The molecule has 0 N–H and O–H groups in total. The summed E-state index contributed by atoms with van der Waals surface area (Å²) < 4.78 is 11.7. The van der Waals surface area contributed by atoms with Crippen LogP contribution in [0.1, 0.15) is 62.5 Å². The van der Waals surface area contributed by atoms with Gasteiger partial charge in [-0.3, -0.25) is 0 Å². The molecule has 6 rings (SSSR count). The molecular formula is C48H24N10O2S4. The molecule has 4 aromatic heterocycles. The number of hydrogen-bond acceptors (Lipinski definition) is 11. The Bertz CT molecular complexity index is 3140. The topological polar surface area (TPSA) is 159 Å². The highest BCUT2D eigenvalue weighted by Gasteiger charge is 2.39. The molecule has 12 nitrogen and oxygen atoms in total. The number of thiophene rings is 4. The van der Waals surface area contributed by atoms with E-state index < -0.39 is 11.2 Å². The summed E-state index contributed by atoms with van der Waals surface area (Å²) in [5.41, 5.74) is -0.0355. The van der Waals surface area contributed by atoms with Crippen LogP contribution in [0.5, 0.6) is 0 Å². The Morgan fingerprint density at radius 2 is 1.19 bits per heavy atom. The third kappa shape index (κ3) is 8.69. The molecule has 4 aromatic rings. The van der Waals surface area contributed by atoms with Crippen molar-refractivity contribution >= 4 is 86.6 Å². The smallest absolute Gasteiger partial charge is 0.304 e. The van der Waals surface area contributed by atoms with Gasteiger partial charge in [0.25, 0.3) is 5.70 Å². The average molecular weight is 901 g/mol. The standard InChI is InChI=1S/C48H24N10O2S4/c1-47(2)32(31(24-51)45(59-47)36(25-52)56-7)14-10-29-12-16-38(61-29)27(22-49)18-41-35(55-6)21-43(64-41)42-19-28(23-50)40(63-42)20-34(54-5)39-17-13-30(62-39)11-15-33-44(58-9)46(37(26-53)57-8)60-48(33,3)4/h10-21H,1-4H3/b14-10+,15-11+,27-18+,34-20-,45-36-,46-37+. The zero-order valence-electron chi connectivity index (χ0n) is 33.8. The lowest BCUT2D eigenvalue weighted by Gasteiger charge is -2.21. The number of nitriles is 5. The fraction of sp³-hybridized carbons (Fsp3) is 0.125. The summed E-state index contributed by atoms with van der Waals surface area (Å²) in [7, 11) is 0. The molecule has 0 unspecified atom stereocenters. The van der Waals surface area contributed by atoms with Gasteiger partial charge in [-0.05, 0) is 82.3 Å². The summed E-state index contributed by atoms with van der Waals surface area (Å²) in [4.78, 5) is 22.8. The molecule has 2 aliphatic rings. The minimum atomic E-state index is -0.974. The first kappa shape index (κ1) is 44.8. The van der Waals surface area contributed by atoms with Crippen molar-refractivity contribution in [1.29, 1.82) is 26.3 Å². The summed E-state index contributed by atoms with van der Waals surface area (Å²) in [5, 5.41) is 48.9. The second-order valence-electron chi connectivity index (χ2n) is 14.2. The first-order valence-corrected chi connectivity index (χ1v) is 21.5. The second-order valence-corrected chi connectivity index (χ2v) is 18.6. The molecule has 0 radical (unpaired) electrons. The van der Waals surface area contributed by atoms with Gasteiger partial charge in [0.1, 0.15) is 35.2 Å². The van der Waals surface area contributed by atoms with E-state index in [1.807, 2.05) is 12.1 Å². The minimum Gasteiger partial charge on any atom is -0.505 e. The van der Waals surface area contributed by atoms with Crippen LogP contribution in [0.4, 0.5) is 5.69 Å². The molecule has 64 heavy (non-hydrogen) atoms. The normalized spacial score (nSPS) is 16.8. The highest BCUT2D eigenvalue weighted by molar-refractivity contribution is 7.23. The van der Waals surface area contributed by atoms with Gasteiger partial charge in [-0.2, -0.15) is 15.8 Å². The third-order valence-corrected chi connectivity index (χ3v) is 13.9. The molecule has 0 aliphatic carbocycles. The maximum atomic E-state index is 10.2. The molecule has 2 aliphatic heterocycles. The van der Waals surface area contributed by atoms with Crippen molar-refractivity contribution < 1.29 is 9.47 Å². The lowest BCUT2D eigenvalue weighted by molar-refractivity contribution is 0.0949. The largest absolute Gasteiger partial charge is 0.505 e. The van der Waals surface area contributed by atoms with Gasteiger partial charge in [0.2, 0.25) is 17.1 Å². The van der Waals surface area contributed by atoms with Crippen molar-refractivity contribution in [3.8, 4) is 40.1 Å². The van der Waals surface area contributed by atoms with E-state index in [1.54, 1.807) is 101 Å². The van der Waals surface area contributed by atoms with E-state index in [1.165, 1.54) is 45.3 Å². The van der Waals surface area contributed by atoms with Crippen molar-refractivity contribution in [1.82, 2.24) is 0 Å².